The SMILES string of the molecule is O=C(CSc1ncc(-c2ccc(F)cc2)[nH]1)Nc1cc2c(cc1[N+](=O)[O-])OCCCO2. The zero-order valence-corrected chi connectivity index (χ0v) is 16.9. The number of hydrogen-bond donors (Lipinski definition) is 2. The molecular weight excluding hydrogens is 427 g/mol. The Morgan fingerprint density at radius 1 is 1.23 bits per heavy atom. The molecule has 0 radical (unpaired) electrons. The van der Waals surface area contributed by atoms with Crippen LogP contribution in [0.1, 0.15) is 6.42 Å². The molecule has 1 aliphatic rings. The lowest BCUT2D eigenvalue weighted by Crippen LogP contribution is -2.15. The molecule has 0 unspecified atom stereocenters. The number of anilines is 1. The summed E-state index contributed by atoms with van der Waals surface area (Å²) in [5.41, 5.74) is 1.19. The number of imidazole rings is 1. The molecule has 0 atom stereocenters. The zero-order valence-electron chi connectivity index (χ0n) is 16.1. The Morgan fingerprint density at radius 3 is 2.65 bits per heavy atom. The number of amides is 1. The molecule has 0 aliphatic carbocycles. The van der Waals surface area contributed by atoms with E-state index in [9.17, 15) is 19.3 Å². The number of halogens is 1. The molecule has 11 heteroatoms. The van der Waals surface area contributed by atoms with Gasteiger partial charge in [0.1, 0.15) is 11.5 Å². The van der Waals surface area contributed by atoms with Crippen LogP contribution in [0.15, 0.2) is 47.8 Å². The van der Waals surface area contributed by atoms with Crippen molar-refractivity contribution in [2.24, 2.45) is 0 Å². The van der Waals surface area contributed by atoms with E-state index >= 15 is 0 Å². The van der Waals surface area contributed by atoms with Gasteiger partial charge in [-0.25, -0.2) is 9.37 Å². The van der Waals surface area contributed by atoms with Gasteiger partial charge in [0.2, 0.25) is 5.91 Å². The maximum atomic E-state index is 13.1. The summed E-state index contributed by atoms with van der Waals surface area (Å²) in [6.07, 6.45) is 2.24. The van der Waals surface area contributed by atoms with Crippen molar-refractivity contribution in [2.45, 2.75) is 11.6 Å². The van der Waals surface area contributed by atoms with Crippen LogP contribution in [0.3, 0.4) is 0 Å². The van der Waals surface area contributed by atoms with Crippen LogP contribution in [0.25, 0.3) is 11.3 Å². The largest absolute Gasteiger partial charge is 0.489 e. The Hall–Kier alpha value is -3.60. The lowest BCUT2D eigenvalue weighted by atomic mass is 10.2. The average Bonchev–Trinajstić information content (AvgIpc) is 3.10. The van der Waals surface area contributed by atoms with E-state index in [0.717, 1.165) is 17.3 Å². The summed E-state index contributed by atoms with van der Waals surface area (Å²) in [6, 6.07) is 8.59. The number of aromatic amines is 1. The first-order chi connectivity index (χ1) is 15.0. The van der Waals surface area contributed by atoms with Gasteiger partial charge in [0.15, 0.2) is 16.7 Å². The monoisotopic (exact) mass is 444 g/mol. The fourth-order valence-corrected chi connectivity index (χ4v) is 3.57. The molecule has 9 nitrogen and oxygen atoms in total. The summed E-state index contributed by atoms with van der Waals surface area (Å²) in [6.45, 7) is 0.818. The number of nitrogens with zero attached hydrogens (tertiary/aromatic N) is 2. The van der Waals surface area contributed by atoms with Crippen molar-refractivity contribution in [3.8, 4) is 22.8 Å². The van der Waals surface area contributed by atoms with Gasteiger partial charge in [-0.3, -0.25) is 14.9 Å². The number of nitrogens with one attached hydrogen (secondary N) is 2. The summed E-state index contributed by atoms with van der Waals surface area (Å²) < 4.78 is 24.1. The smallest absolute Gasteiger partial charge is 0.296 e. The maximum Gasteiger partial charge on any atom is 0.296 e. The molecule has 3 aromatic rings. The lowest BCUT2D eigenvalue weighted by Gasteiger charge is -2.11. The first-order valence-corrected chi connectivity index (χ1v) is 10.3. The van der Waals surface area contributed by atoms with Crippen LogP contribution >= 0.6 is 11.8 Å². The van der Waals surface area contributed by atoms with Crippen molar-refractivity contribution in [3.63, 3.8) is 0 Å². The zero-order chi connectivity index (χ0) is 21.8. The molecule has 0 spiro atoms. The quantitative estimate of drug-likeness (QED) is 0.335. The van der Waals surface area contributed by atoms with Crippen molar-refractivity contribution in [2.75, 3.05) is 24.3 Å². The third kappa shape index (κ3) is 4.94. The number of carbonyl (C=O) groups is 1. The minimum absolute atomic E-state index is 0.0258. The highest BCUT2D eigenvalue weighted by atomic mass is 32.2. The van der Waals surface area contributed by atoms with E-state index in [-0.39, 0.29) is 28.7 Å². The fourth-order valence-electron chi connectivity index (χ4n) is 2.92. The normalized spacial score (nSPS) is 12.8. The minimum Gasteiger partial charge on any atom is -0.489 e. The molecule has 2 aromatic carbocycles. The van der Waals surface area contributed by atoms with Gasteiger partial charge < -0.3 is 19.8 Å². The molecule has 31 heavy (non-hydrogen) atoms. The van der Waals surface area contributed by atoms with E-state index in [1.807, 2.05) is 0 Å². The molecule has 1 amide bonds. The molecule has 4 rings (SSSR count). The number of H-pyrrole nitrogens is 1. The summed E-state index contributed by atoms with van der Waals surface area (Å²) in [5.74, 6) is -0.177. The predicted molar refractivity (Wildman–Crippen MR) is 112 cm³/mol. The summed E-state index contributed by atoms with van der Waals surface area (Å²) in [4.78, 5) is 30.5. The number of aromatic nitrogens is 2. The van der Waals surface area contributed by atoms with Crippen LogP contribution in [-0.4, -0.2) is 39.8 Å². The van der Waals surface area contributed by atoms with Crippen molar-refractivity contribution in [1.82, 2.24) is 9.97 Å². The van der Waals surface area contributed by atoms with Gasteiger partial charge >= 0.3 is 0 Å². The Kier molecular flexibility index (Phi) is 6.03. The fraction of sp³-hybridized carbons (Fsp3) is 0.200. The van der Waals surface area contributed by atoms with Crippen molar-refractivity contribution < 1.29 is 23.6 Å². The Morgan fingerprint density at radius 2 is 1.94 bits per heavy atom. The van der Waals surface area contributed by atoms with Crippen molar-refractivity contribution in [3.05, 3.63) is 58.5 Å². The Balaban J connectivity index is 1.43. The van der Waals surface area contributed by atoms with Gasteiger partial charge in [0.25, 0.3) is 5.69 Å². The molecule has 0 bridgehead atoms. The minimum atomic E-state index is -0.585. The molecule has 2 N–H and O–H groups in total. The van der Waals surface area contributed by atoms with Crippen LogP contribution in [0.4, 0.5) is 15.8 Å². The van der Waals surface area contributed by atoms with Crippen LogP contribution in [0, 0.1) is 15.9 Å². The van der Waals surface area contributed by atoms with Crippen molar-refractivity contribution >= 4 is 29.0 Å². The van der Waals surface area contributed by atoms with Gasteiger partial charge in [-0.2, -0.15) is 0 Å². The summed E-state index contributed by atoms with van der Waals surface area (Å²) >= 11 is 1.13. The molecule has 0 saturated heterocycles. The van der Waals surface area contributed by atoms with Crippen molar-refractivity contribution in [1.29, 1.82) is 0 Å². The highest BCUT2D eigenvalue weighted by Crippen LogP contribution is 2.39. The molecule has 1 aromatic heterocycles. The van der Waals surface area contributed by atoms with Crippen LogP contribution in [0.2, 0.25) is 0 Å². The number of hydrogen-bond acceptors (Lipinski definition) is 7. The molecule has 1 aliphatic heterocycles. The second-order valence-corrected chi connectivity index (χ2v) is 7.53. The summed E-state index contributed by atoms with van der Waals surface area (Å²) in [7, 11) is 0. The van der Waals surface area contributed by atoms with Crippen LogP contribution in [-0.2, 0) is 4.79 Å². The standard InChI is InChI=1S/C20H17FN4O5S/c21-13-4-2-12(3-5-13)15-10-22-20(24-15)31-11-19(26)23-14-8-17-18(9-16(14)25(27)28)30-7-1-6-29-17/h2-5,8-10H,1,6-7,11H2,(H,22,24)(H,23,26). The average molecular weight is 444 g/mol. The van der Waals surface area contributed by atoms with E-state index in [1.54, 1.807) is 18.3 Å². The number of nitro benzene ring substituents is 1. The first kappa shape index (κ1) is 20.7. The maximum absolute atomic E-state index is 13.1. The third-order valence-electron chi connectivity index (χ3n) is 4.38. The second-order valence-electron chi connectivity index (χ2n) is 6.57. The number of benzene rings is 2. The van der Waals surface area contributed by atoms with Gasteiger partial charge in [-0.05, 0) is 29.8 Å². The topological polar surface area (TPSA) is 119 Å². The van der Waals surface area contributed by atoms with Gasteiger partial charge in [0.05, 0.1) is 41.8 Å². The van der Waals surface area contributed by atoms with Gasteiger partial charge in [-0.15, -0.1) is 0 Å². The van der Waals surface area contributed by atoms with Crippen LogP contribution in [0.5, 0.6) is 11.5 Å². The molecule has 2 heterocycles. The Labute approximate surface area is 180 Å². The third-order valence-corrected chi connectivity index (χ3v) is 5.27. The van der Waals surface area contributed by atoms with E-state index in [2.05, 4.69) is 15.3 Å². The summed E-state index contributed by atoms with van der Waals surface area (Å²) in [5, 5.41) is 14.5. The highest BCUT2D eigenvalue weighted by molar-refractivity contribution is 7.99. The molecule has 0 saturated carbocycles. The van der Waals surface area contributed by atoms with E-state index in [1.165, 1.54) is 24.3 Å². The van der Waals surface area contributed by atoms with Gasteiger partial charge in [0, 0.05) is 12.5 Å². The van der Waals surface area contributed by atoms with E-state index in [4.69, 9.17) is 9.47 Å². The number of rotatable bonds is 6. The number of carbonyl (C=O) groups excluding carboxylic acids is 1. The van der Waals surface area contributed by atoms with Crippen LogP contribution < -0.4 is 14.8 Å². The Bertz CT molecular complexity index is 1120. The predicted octanol–water partition coefficient (Wildman–Crippen LogP) is 4.02. The second kappa shape index (κ2) is 9.04. The molecule has 160 valence electrons. The number of ether oxygens (including phenoxy) is 2. The van der Waals surface area contributed by atoms with E-state index in [0.29, 0.717) is 36.2 Å². The number of fused-ring (bicyclic) bond motifs is 1. The lowest BCUT2D eigenvalue weighted by molar-refractivity contribution is -0.384. The molecule has 0 fully saturated rings. The van der Waals surface area contributed by atoms with E-state index < -0.39 is 10.8 Å². The highest BCUT2D eigenvalue weighted by Gasteiger charge is 2.23. The number of thioether (sulfide) groups is 1. The molecular formula is C20H17FN4O5S. The van der Waals surface area contributed by atoms with Gasteiger partial charge in [-0.1, -0.05) is 11.8 Å². The number of nitro groups is 1. The first-order valence-electron chi connectivity index (χ1n) is 9.31.